The summed E-state index contributed by atoms with van der Waals surface area (Å²) in [7, 11) is 0. The molecule has 0 spiro atoms. The summed E-state index contributed by atoms with van der Waals surface area (Å²) in [5.41, 5.74) is 2.07. The minimum absolute atomic E-state index is 0.0738. The fraction of sp³-hybridized carbons (Fsp3) is 0.333. The predicted octanol–water partition coefficient (Wildman–Crippen LogP) is 3.15. The maximum atomic E-state index is 9.29. The first-order chi connectivity index (χ1) is 7.76. The van der Waals surface area contributed by atoms with Gasteiger partial charge in [0.25, 0.3) is 0 Å². The molecule has 16 heavy (non-hydrogen) atoms. The van der Waals surface area contributed by atoms with Crippen LogP contribution < -0.4 is 0 Å². The van der Waals surface area contributed by atoms with Crippen molar-refractivity contribution in [2.75, 3.05) is 12.0 Å². The third-order valence-corrected chi connectivity index (χ3v) is 3.46. The van der Waals surface area contributed by atoms with Crippen LogP contribution in [0.25, 0.3) is 10.9 Å². The average molecular weight is 256 g/mol. The topological polar surface area (TPSA) is 25.2 Å². The summed E-state index contributed by atoms with van der Waals surface area (Å²) in [6, 6.07) is 5.79. The minimum atomic E-state index is 0.0738. The van der Waals surface area contributed by atoms with Crippen molar-refractivity contribution in [2.24, 2.45) is 0 Å². The lowest BCUT2D eigenvalue weighted by Gasteiger charge is -2.03. The zero-order chi connectivity index (χ0) is 11.5. The van der Waals surface area contributed by atoms with Crippen molar-refractivity contribution in [3.8, 4) is 0 Å². The molecule has 1 aromatic heterocycles. The van der Waals surface area contributed by atoms with Crippen LogP contribution >= 0.6 is 23.4 Å². The highest BCUT2D eigenvalue weighted by atomic mass is 35.5. The Labute approximate surface area is 104 Å². The van der Waals surface area contributed by atoms with Gasteiger partial charge < -0.3 is 9.67 Å². The highest BCUT2D eigenvalue weighted by molar-refractivity contribution is 7.98. The summed E-state index contributed by atoms with van der Waals surface area (Å²) in [6.45, 7) is 1.02. The number of hydrogen-bond donors (Lipinski definition) is 1. The van der Waals surface area contributed by atoms with Crippen LogP contribution in [0.4, 0.5) is 0 Å². The highest BCUT2D eigenvalue weighted by Crippen LogP contribution is 2.25. The molecule has 0 saturated heterocycles. The van der Waals surface area contributed by atoms with Gasteiger partial charge in [-0.3, -0.25) is 0 Å². The van der Waals surface area contributed by atoms with E-state index in [1.54, 1.807) is 0 Å². The smallest absolute Gasteiger partial charge is 0.0702 e. The molecule has 0 aliphatic carbocycles. The Hall–Kier alpha value is -0.640. The Kier molecular flexibility index (Phi) is 3.79. The zero-order valence-corrected chi connectivity index (χ0v) is 10.7. The molecular weight excluding hydrogens is 242 g/mol. The molecule has 0 saturated carbocycles. The molecule has 2 aromatic rings. The van der Waals surface area contributed by atoms with Gasteiger partial charge >= 0.3 is 0 Å². The number of nitrogens with zero attached hydrogens (tertiary/aromatic N) is 1. The lowest BCUT2D eigenvalue weighted by Crippen LogP contribution is -1.97. The molecule has 0 fully saturated rings. The minimum Gasteiger partial charge on any atom is -0.392 e. The first kappa shape index (κ1) is 11.8. The molecule has 86 valence electrons. The Morgan fingerprint density at radius 1 is 1.44 bits per heavy atom. The predicted molar refractivity (Wildman–Crippen MR) is 71.3 cm³/mol. The number of rotatable bonds is 4. The summed E-state index contributed by atoms with van der Waals surface area (Å²) in [5, 5.41) is 11.1. The standard InChI is InChI=1S/C12H14ClNOS/c1-16-5-4-14-7-9(8-15)11-3-2-10(13)6-12(11)14/h2-3,6-7,15H,4-5,8H2,1H3. The molecule has 0 aliphatic rings. The number of aromatic nitrogens is 1. The van der Waals surface area contributed by atoms with Gasteiger partial charge in [0.2, 0.25) is 0 Å². The number of aryl methyl sites for hydroxylation is 1. The van der Waals surface area contributed by atoms with Gasteiger partial charge in [0, 0.05) is 40.0 Å². The number of thioether (sulfide) groups is 1. The van der Waals surface area contributed by atoms with Crippen molar-refractivity contribution >= 4 is 34.3 Å². The highest BCUT2D eigenvalue weighted by Gasteiger charge is 2.07. The van der Waals surface area contributed by atoms with E-state index < -0.39 is 0 Å². The van der Waals surface area contributed by atoms with Crippen LogP contribution in [0.2, 0.25) is 5.02 Å². The van der Waals surface area contributed by atoms with Crippen LogP contribution in [0.1, 0.15) is 5.56 Å². The largest absolute Gasteiger partial charge is 0.392 e. The second-order valence-electron chi connectivity index (χ2n) is 3.66. The van der Waals surface area contributed by atoms with Gasteiger partial charge in [0.1, 0.15) is 0 Å². The molecule has 0 aliphatic heterocycles. The molecular formula is C12H14ClNOS. The van der Waals surface area contributed by atoms with Gasteiger partial charge in [-0.05, 0) is 18.4 Å². The second kappa shape index (κ2) is 5.13. The van der Waals surface area contributed by atoms with Gasteiger partial charge in [0.05, 0.1) is 6.61 Å². The normalized spacial score (nSPS) is 11.2. The molecule has 1 aromatic carbocycles. The molecule has 0 amide bonds. The molecule has 2 rings (SSSR count). The molecule has 0 atom stereocenters. The quantitative estimate of drug-likeness (QED) is 0.908. The van der Waals surface area contributed by atoms with Gasteiger partial charge in [0.15, 0.2) is 0 Å². The third kappa shape index (κ3) is 2.21. The van der Waals surface area contributed by atoms with Crippen molar-refractivity contribution in [1.29, 1.82) is 0 Å². The van der Waals surface area contributed by atoms with E-state index in [1.165, 1.54) is 0 Å². The fourth-order valence-electron chi connectivity index (χ4n) is 1.84. The number of aliphatic hydroxyl groups excluding tert-OH is 1. The number of fused-ring (bicyclic) bond motifs is 1. The van der Waals surface area contributed by atoms with E-state index >= 15 is 0 Å². The van der Waals surface area contributed by atoms with E-state index in [4.69, 9.17) is 11.6 Å². The Balaban J connectivity index is 2.50. The lowest BCUT2D eigenvalue weighted by atomic mass is 10.2. The molecule has 1 heterocycles. The monoisotopic (exact) mass is 255 g/mol. The van der Waals surface area contributed by atoms with E-state index in [-0.39, 0.29) is 6.61 Å². The number of halogens is 1. The van der Waals surface area contributed by atoms with Crippen molar-refractivity contribution in [3.05, 3.63) is 35.0 Å². The van der Waals surface area contributed by atoms with Gasteiger partial charge in [-0.1, -0.05) is 17.7 Å². The number of hydrogen-bond acceptors (Lipinski definition) is 2. The van der Waals surface area contributed by atoms with Crippen LogP contribution in [-0.4, -0.2) is 21.7 Å². The summed E-state index contributed by atoms with van der Waals surface area (Å²) in [5.74, 6) is 1.06. The van der Waals surface area contributed by atoms with Crippen molar-refractivity contribution in [3.63, 3.8) is 0 Å². The average Bonchev–Trinajstić information content (AvgIpc) is 2.64. The fourth-order valence-corrected chi connectivity index (χ4v) is 2.39. The first-order valence-corrected chi connectivity index (χ1v) is 6.90. The van der Waals surface area contributed by atoms with E-state index in [1.807, 2.05) is 36.2 Å². The van der Waals surface area contributed by atoms with Gasteiger partial charge in [-0.25, -0.2) is 0 Å². The van der Waals surface area contributed by atoms with Crippen molar-refractivity contribution in [1.82, 2.24) is 4.57 Å². The third-order valence-electron chi connectivity index (χ3n) is 2.63. The maximum Gasteiger partial charge on any atom is 0.0702 e. The first-order valence-electron chi connectivity index (χ1n) is 5.13. The van der Waals surface area contributed by atoms with E-state index in [0.717, 1.165) is 33.8 Å². The van der Waals surface area contributed by atoms with Gasteiger partial charge in [-0.2, -0.15) is 11.8 Å². The number of aliphatic hydroxyl groups is 1. The Morgan fingerprint density at radius 3 is 2.94 bits per heavy atom. The molecule has 0 bridgehead atoms. The maximum absolute atomic E-state index is 9.29. The van der Waals surface area contributed by atoms with Crippen LogP contribution in [0.15, 0.2) is 24.4 Å². The van der Waals surface area contributed by atoms with Crippen LogP contribution in [-0.2, 0) is 13.2 Å². The summed E-state index contributed by atoms with van der Waals surface area (Å²) >= 11 is 7.81. The number of benzene rings is 1. The van der Waals surface area contributed by atoms with Crippen LogP contribution in [0.3, 0.4) is 0 Å². The zero-order valence-electron chi connectivity index (χ0n) is 9.11. The summed E-state index contributed by atoms with van der Waals surface area (Å²) < 4.78 is 2.16. The second-order valence-corrected chi connectivity index (χ2v) is 5.08. The van der Waals surface area contributed by atoms with Crippen molar-refractivity contribution in [2.45, 2.75) is 13.2 Å². The molecule has 0 unspecified atom stereocenters. The van der Waals surface area contributed by atoms with Crippen LogP contribution in [0, 0.1) is 0 Å². The van der Waals surface area contributed by atoms with Crippen molar-refractivity contribution < 1.29 is 5.11 Å². The van der Waals surface area contributed by atoms with E-state index in [2.05, 4.69) is 10.8 Å². The molecule has 2 nitrogen and oxygen atoms in total. The Bertz CT molecular complexity index is 495. The lowest BCUT2D eigenvalue weighted by molar-refractivity contribution is 0.283. The van der Waals surface area contributed by atoms with Gasteiger partial charge in [-0.15, -0.1) is 0 Å². The summed E-state index contributed by atoms with van der Waals surface area (Å²) in [4.78, 5) is 0. The SMILES string of the molecule is CSCCn1cc(CO)c2ccc(Cl)cc21. The van der Waals surface area contributed by atoms with Crippen LogP contribution in [0.5, 0.6) is 0 Å². The Morgan fingerprint density at radius 2 is 2.25 bits per heavy atom. The summed E-state index contributed by atoms with van der Waals surface area (Å²) in [6.07, 6.45) is 4.10. The van der Waals surface area contributed by atoms with E-state index in [0.29, 0.717) is 0 Å². The van der Waals surface area contributed by atoms with E-state index in [9.17, 15) is 5.11 Å². The molecule has 0 radical (unpaired) electrons. The molecule has 4 heteroatoms. The molecule has 1 N–H and O–H groups in total.